The molecule has 20 heavy (non-hydrogen) atoms. The van der Waals surface area contributed by atoms with Crippen LogP contribution in [0.5, 0.6) is 0 Å². The highest BCUT2D eigenvalue weighted by Gasteiger charge is 2.15. The molecule has 1 N–H and O–H groups in total. The van der Waals surface area contributed by atoms with Gasteiger partial charge >= 0.3 is 0 Å². The van der Waals surface area contributed by atoms with Gasteiger partial charge in [0, 0.05) is 16.6 Å². The van der Waals surface area contributed by atoms with Crippen molar-refractivity contribution in [2.24, 2.45) is 0 Å². The molecule has 0 aliphatic heterocycles. The van der Waals surface area contributed by atoms with Crippen molar-refractivity contribution in [2.75, 3.05) is 6.54 Å². The summed E-state index contributed by atoms with van der Waals surface area (Å²) in [5.74, 6) is 0.943. The lowest BCUT2D eigenvalue weighted by molar-refractivity contribution is 0.503. The number of halogens is 1. The molecule has 2 aromatic rings. The third kappa shape index (κ3) is 3.87. The molecule has 3 heteroatoms. The zero-order chi connectivity index (χ0) is 14.5. The van der Waals surface area contributed by atoms with Gasteiger partial charge in [0.1, 0.15) is 5.76 Å². The molecular weight excluding hydrogens is 270 g/mol. The number of aryl methyl sites for hydroxylation is 2. The fourth-order valence-corrected chi connectivity index (χ4v) is 2.62. The summed E-state index contributed by atoms with van der Waals surface area (Å²) < 4.78 is 5.44. The van der Waals surface area contributed by atoms with Crippen LogP contribution in [0.25, 0.3) is 0 Å². The van der Waals surface area contributed by atoms with Crippen molar-refractivity contribution < 1.29 is 4.42 Å². The van der Waals surface area contributed by atoms with Gasteiger partial charge in [-0.25, -0.2) is 0 Å². The van der Waals surface area contributed by atoms with Crippen LogP contribution in [0.2, 0.25) is 5.02 Å². The number of benzene rings is 1. The van der Waals surface area contributed by atoms with E-state index in [2.05, 4.69) is 37.4 Å². The largest absolute Gasteiger partial charge is 0.469 e. The molecular formula is C17H22ClNO. The highest BCUT2D eigenvalue weighted by Crippen LogP contribution is 2.25. The predicted octanol–water partition coefficient (Wildman–Crippen LogP) is 4.83. The first kappa shape index (κ1) is 15.1. The summed E-state index contributed by atoms with van der Waals surface area (Å²) in [6.07, 6.45) is 3.82. The Morgan fingerprint density at radius 1 is 1.25 bits per heavy atom. The van der Waals surface area contributed by atoms with Crippen LogP contribution < -0.4 is 5.32 Å². The van der Waals surface area contributed by atoms with Crippen molar-refractivity contribution in [3.63, 3.8) is 0 Å². The van der Waals surface area contributed by atoms with Crippen LogP contribution in [0.3, 0.4) is 0 Å². The number of nitrogens with one attached hydrogen (secondary N) is 1. The fraction of sp³-hybridized carbons (Fsp3) is 0.412. The molecule has 1 unspecified atom stereocenters. The second-order valence-corrected chi connectivity index (χ2v) is 5.70. The van der Waals surface area contributed by atoms with Crippen molar-refractivity contribution >= 4 is 11.6 Å². The Balaban J connectivity index is 2.18. The van der Waals surface area contributed by atoms with E-state index in [1.807, 2.05) is 19.3 Å². The number of hydrogen-bond donors (Lipinski definition) is 1. The van der Waals surface area contributed by atoms with Crippen molar-refractivity contribution in [3.8, 4) is 0 Å². The molecule has 108 valence electrons. The third-order valence-corrected chi connectivity index (χ3v) is 3.78. The van der Waals surface area contributed by atoms with Crippen molar-refractivity contribution in [1.29, 1.82) is 0 Å². The Morgan fingerprint density at radius 2 is 2.05 bits per heavy atom. The lowest BCUT2D eigenvalue weighted by atomic mass is 9.99. The zero-order valence-corrected chi connectivity index (χ0v) is 13.1. The van der Waals surface area contributed by atoms with E-state index in [1.54, 1.807) is 0 Å². The lowest BCUT2D eigenvalue weighted by Crippen LogP contribution is -2.23. The minimum absolute atomic E-state index is 0.243. The highest BCUT2D eigenvalue weighted by atomic mass is 35.5. The number of furan rings is 1. The summed E-state index contributed by atoms with van der Waals surface area (Å²) in [6.45, 7) is 7.18. The molecule has 0 bridgehead atoms. The summed E-state index contributed by atoms with van der Waals surface area (Å²) in [5.41, 5.74) is 3.55. The van der Waals surface area contributed by atoms with Crippen LogP contribution in [0, 0.1) is 13.8 Å². The maximum Gasteiger partial charge on any atom is 0.101 e. The second-order valence-electron chi connectivity index (χ2n) is 5.30. The van der Waals surface area contributed by atoms with Crippen molar-refractivity contribution in [2.45, 2.75) is 39.7 Å². The first-order valence-corrected chi connectivity index (χ1v) is 7.51. The molecule has 1 atom stereocenters. The van der Waals surface area contributed by atoms with Gasteiger partial charge in [0.05, 0.1) is 6.26 Å². The van der Waals surface area contributed by atoms with Gasteiger partial charge in [-0.2, -0.15) is 0 Å². The normalized spacial score (nSPS) is 12.6. The van der Waals surface area contributed by atoms with E-state index in [0.717, 1.165) is 30.2 Å². The average molecular weight is 292 g/mol. The van der Waals surface area contributed by atoms with Crippen LogP contribution in [0.4, 0.5) is 0 Å². The zero-order valence-electron chi connectivity index (χ0n) is 12.4. The Hall–Kier alpha value is -1.25. The summed E-state index contributed by atoms with van der Waals surface area (Å²) in [6, 6.07) is 8.58. The predicted molar refractivity (Wildman–Crippen MR) is 84.4 cm³/mol. The smallest absolute Gasteiger partial charge is 0.101 e. The molecule has 0 radical (unpaired) electrons. The topological polar surface area (TPSA) is 25.2 Å². The minimum atomic E-state index is 0.243. The van der Waals surface area contributed by atoms with E-state index < -0.39 is 0 Å². The van der Waals surface area contributed by atoms with Gasteiger partial charge in [0.2, 0.25) is 0 Å². The van der Waals surface area contributed by atoms with E-state index in [-0.39, 0.29) is 6.04 Å². The molecule has 1 aromatic heterocycles. The van der Waals surface area contributed by atoms with Gasteiger partial charge in [-0.3, -0.25) is 0 Å². The molecule has 0 aliphatic rings. The number of rotatable bonds is 6. The number of hydrogen-bond acceptors (Lipinski definition) is 2. The quantitative estimate of drug-likeness (QED) is 0.824. The molecule has 0 saturated heterocycles. The van der Waals surface area contributed by atoms with E-state index in [1.165, 1.54) is 16.7 Å². The van der Waals surface area contributed by atoms with Gasteiger partial charge in [0.15, 0.2) is 0 Å². The molecule has 0 saturated carbocycles. The average Bonchev–Trinajstić information content (AvgIpc) is 2.83. The molecule has 0 aliphatic carbocycles. The first-order chi connectivity index (χ1) is 9.60. The molecule has 1 aromatic carbocycles. The molecule has 0 spiro atoms. The first-order valence-electron chi connectivity index (χ1n) is 7.13. The third-order valence-electron chi connectivity index (χ3n) is 3.43. The Bertz CT molecular complexity index is 562. The summed E-state index contributed by atoms with van der Waals surface area (Å²) in [7, 11) is 0. The Kier molecular flexibility index (Phi) is 5.27. The maximum absolute atomic E-state index is 6.35. The summed E-state index contributed by atoms with van der Waals surface area (Å²) >= 11 is 6.35. The van der Waals surface area contributed by atoms with Gasteiger partial charge < -0.3 is 9.73 Å². The minimum Gasteiger partial charge on any atom is -0.469 e. The standard InChI is InChI=1S/C17H22ClNO/c1-4-7-19-17(15-9-13(3)20-11-15)10-14-6-5-12(2)8-16(14)18/h5-6,8-9,11,17,19H,4,7,10H2,1-3H3. The molecule has 0 fully saturated rings. The van der Waals surface area contributed by atoms with E-state index in [0.29, 0.717) is 0 Å². The molecule has 1 heterocycles. The van der Waals surface area contributed by atoms with E-state index >= 15 is 0 Å². The SMILES string of the molecule is CCCNC(Cc1ccc(C)cc1Cl)c1coc(C)c1. The Morgan fingerprint density at radius 3 is 2.65 bits per heavy atom. The summed E-state index contributed by atoms with van der Waals surface area (Å²) in [4.78, 5) is 0. The maximum atomic E-state index is 6.35. The molecule has 0 amide bonds. The second kappa shape index (κ2) is 6.96. The van der Waals surface area contributed by atoms with Gasteiger partial charge in [0.25, 0.3) is 0 Å². The lowest BCUT2D eigenvalue weighted by Gasteiger charge is -2.18. The highest BCUT2D eigenvalue weighted by molar-refractivity contribution is 6.31. The van der Waals surface area contributed by atoms with Crippen LogP contribution >= 0.6 is 11.6 Å². The van der Waals surface area contributed by atoms with E-state index in [4.69, 9.17) is 16.0 Å². The van der Waals surface area contributed by atoms with Gasteiger partial charge in [-0.1, -0.05) is 30.7 Å². The van der Waals surface area contributed by atoms with Gasteiger partial charge in [-0.15, -0.1) is 0 Å². The van der Waals surface area contributed by atoms with Crippen molar-refractivity contribution in [3.05, 3.63) is 58.0 Å². The fourth-order valence-electron chi connectivity index (χ4n) is 2.31. The van der Waals surface area contributed by atoms with Crippen LogP contribution in [-0.2, 0) is 6.42 Å². The summed E-state index contributed by atoms with van der Waals surface area (Å²) in [5, 5.41) is 4.41. The van der Waals surface area contributed by atoms with Crippen molar-refractivity contribution in [1.82, 2.24) is 5.32 Å². The molecule has 2 rings (SSSR count). The van der Waals surface area contributed by atoms with Crippen LogP contribution in [-0.4, -0.2) is 6.54 Å². The van der Waals surface area contributed by atoms with Crippen LogP contribution in [0.15, 0.2) is 34.9 Å². The van der Waals surface area contributed by atoms with E-state index in [9.17, 15) is 0 Å². The van der Waals surface area contributed by atoms with Crippen LogP contribution in [0.1, 0.15) is 41.8 Å². The monoisotopic (exact) mass is 291 g/mol. The Labute approximate surface area is 126 Å². The molecule has 2 nitrogen and oxygen atoms in total. The van der Waals surface area contributed by atoms with Gasteiger partial charge in [-0.05, 0) is 56.5 Å².